The molecule has 0 aromatic heterocycles. The van der Waals surface area contributed by atoms with Gasteiger partial charge in [0.1, 0.15) is 5.69 Å². The number of nitrogens with zero attached hydrogens (tertiary/aromatic N) is 1. The number of nitro benzene ring substituents is 1. The molecule has 0 aliphatic rings. The fraction of sp³-hybridized carbons (Fsp3) is 0.417. The molecule has 0 atom stereocenters. The molecule has 0 aliphatic carbocycles. The lowest BCUT2D eigenvalue weighted by molar-refractivity contribution is -0.384. The summed E-state index contributed by atoms with van der Waals surface area (Å²) in [5.74, 6) is -0.711. The van der Waals surface area contributed by atoms with Crippen LogP contribution in [0.4, 0.5) is 11.4 Å². The van der Waals surface area contributed by atoms with Gasteiger partial charge < -0.3 is 20.9 Å². The van der Waals surface area contributed by atoms with Gasteiger partial charge in [0.05, 0.1) is 18.1 Å². The Labute approximate surface area is 115 Å². The van der Waals surface area contributed by atoms with Crippen LogP contribution >= 0.6 is 0 Å². The van der Waals surface area contributed by atoms with Crippen molar-refractivity contribution in [2.45, 2.75) is 6.42 Å². The fourth-order valence-electron chi connectivity index (χ4n) is 1.55. The van der Waals surface area contributed by atoms with Gasteiger partial charge in [0.25, 0.3) is 5.69 Å². The van der Waals surface area contributed by atoms with Gasteiger partial charge in [-0.05, 0) is 18.6 Å². The van der Waals surface area contributed by atoms with Crippen molar-refractivity contribution in [3.8, 4) is 0 Å². The zero-order chi connectivity index (χ0) is 15.0. The van der Waals surface area contributed by atoms with Gasteiger partial charge in [-0.25, -0.2) is 0 Å². The van der Waals surface area contributed by atoms with Gasteiger partial charge in [-0.3, -0.25) is 14.9 Å². The summed E-state index contributed by atoms with van der Waals surface area (Å²) < 4.78 is 5.06. The smallest absolute Gasteiger partial charge is 0.293 e. The van der Waals surface area contributed by atoms with Crippen LogP contribution < -0.4 is 11.1 Å². The average Bonchev–Trinajstić information content (AvgIpc) is 2.42. The summed E-state index contributed by atoms with van der Waals surface area (Å²) in [4.78, 5) is 21.3. The Morgan fingerprint density at radius 2 is 2.20 bits per heavy atom. The lowest BCUT2D eigenvalue weighted by Crippen LogP contribution is -2.12. The molecule has 1 rings (SSSR count). The predicted octanol–water partition coefficient (Wildman–Crippen LogP) is 0.505. The molecule has 1 aromatic rings. The van der Waals surface area contributed by atoms with Crippen molar-refractivity contribution in [1.29, 1.82) is 0 Å². The molecular formula is C12H17N3O5. The number of carbonyl (C=O) groups excluding carboxylic acids is 1. The molecule has 1 amide bonds. The molecule has 0 fully saturated rings. The van der Waals surface area contributed by atoms with Crippen molar-refractivity contribution in [1.82, 2.24) is 0 Å². The third kappa shape index (κ3) is 4.82. The number of nitrogens with one attached hydrogen (secondary N) is 1. The van der Waals surface area contributed by atoms with Gasteiger partial charge in [-0.15, -0.1) is 0 Å². The Balaban J connectivity index is 2.60. The van der Waals surface area contributed by atoms with E-state index in [2.05, 4.69) is 5.32 Å². The molecule has 0 aliphatic heterocycles. The molecule has 110 valence electrons. The van der Waals surface area contributed by atoms with Crippen LogP contribution in [0, 0.1) is 10.1 Å². The minimum Gasteiger partial charge on any atom is -0.394 e. The molecule has 8 heteroatoms. The van der Waals surface area contributed by atoms with Gasteiger partial charge in [0, 0.05) is 24.8 Å². The van der Waals surface area contributed by atoms with Crippen molar-refractivity contribution in [2.75, 3.05) is 31.7 Å². The standard InChI is InChI=1S/C12H17N3O5/c13-12(17)9-2-3-10(11(8-9)15(18)19)14-4-1-6-20-7-5-16/h2-3,8,14,16H,1,4-7H2,(H2,13,17). The van der Waals surface area contributed by atoms with Crippen LogP contribution in [0.3, 0.4) is 0 Å². The summed E-state index contributed by atoms with van der Waals surface area (Å²) in [6.45, 7) is 1.16. The van der Waals surface area contributed by atoms with Crippen LogP contribution in [-0.2, 0) is 4.74 Å². The van der Waals surface area contributed by atoms with Gasteiger partial charge in [0.15, 0.2) is 0 Å². The highest BCUT2D eigenvalue weighted by Crippen LogP contribution is 2.25. The molecular weight excluding hydrogens is 266 g/mol. The van der Waals surface area contributed by atoms with E-state index in [1.54, 1.807) is 0 Å². The van der Waals surface area contributed by atoms with Crippen molar-refractivity contribution in [3.05, 3.63) is 33.9 Å². The maximum Gasteiger partial charge on any atom is 0.293 e. The number of aliphatic hydroxyl groups excluding tert-OH is 1. The number of benzene rings is 1. The van der Waals surface area contributed by atoms with E-state index < -0.39 is 10.8 Å². The highest BCUT2D eigenvalue weighted by Gasteiger charge is 2.15. The molecule has 0 bridgehead atoms. The van der Waals surface area contributed by atoms with E-state index in [1.807, 2.05) is 0 Å². The first kappa shape index (κ1) is 15.9. The molecule has 0 spiro atoms. The lowest BCUT2D eigenvalue weighted by atomic mass is 10.1. The maximum absolute atomic E-state index is 11.0. The number of hydrogen-bond donors (Lipinski definition) is 3. The highest BCUT2D eigenvalue weighted by molar-refractivity contribution is 5.94. The zero-order valence-corrected chi connectivity index (χ0v) is 10.9. The van der Waals surface area contributed by atoms with E-state index in [0.717, 1.165) is 6.07 Å². The number of aliphatic hydroxyl groups is 1. The zero-order valence-electron chi connectivity index (χ0n) is 10.9. The van der Waals surface area contributed by atoms with Crippen LogP contribution in [0.25, 0.3) is 0 Å². The monoisotopic (exact) mass is 283 g/mol. The largest absolute Gasteiger partial charge is 0.394 e. The van der Waals surface area contributed by atoms with E-state index in [0.29, 0.717) is 25.3 Å². The van der Waals surface area contributed by atoms with E-state index in [4.69, 9.17) is 15.6 Å². The third-order valence-electron chi connectivity index (χ3n) is 2.50. The lowest BCUT2D eigenvalue weighted by Gasteiger charge is -2.08. The predicted molar refractivity (Wildman–Crippen MR) is 72.6 cm³/mol. The van der Waals surface area contributed by atoms with E-state index >= 15 is 0 Å². The number of rotatable bonds is 9. The molecule has 0 unspecified atom stereocenters. The van der Waals surface area contributed by atoms with Crippen LogP contribution in [0.1, 0.15) is 16.8 Å². The van der Waals surface area contributed by atoms with Crippen molar-refractivity contribution >= 4 is 17.3 Å². The third-order valence-corrected chi connectivity index (χ3v) is 2.50. The van der Waals surface area contributed by atoms with Gasteiger partial charge in [-0.2, -0.15) is 0 Å². The molecule has 0 saturated heterocycles. The summed E-state index contributed by atoms with van der Waals surface area (Å²) in [6.07, 6.45) is 0.634. The minimum absolute atomic E-state index is 0.0342. The molecule has 4 N–H and O–H groups in total. The van der Waals surface area contributed by atoms with E-state index in [9.17, 15) is 14.9 Å². The molecule has 0 heterocycles. The summed E-state index contributed by atoms with van der Waals surface area (Å²) in [7, 11) is 0. The summed E-state index contributed by atoms with van der Waals surface area (Å²) in [5.41, 5.74) is 5.30. The molecule has 0 radical (unpaired) electrons. The maximum atomic E-state index is 11.0. The quantitative estimate of drug-likeness (QED) is 0.344. The average molecular weight is 283 g/mol. The molecule has 8 nitrogen and oxygen atoms in total. The number of amides is 1. The van der Waals surface area contributed by atoms with Crippen molar-refractivity contribution in [2.24, 2.45) is 5.73 Å². The SMILES string of the molecule is NC(=O)c1ccc(NCCCOCCO)c([N+](=O)[O-])c1. The highest BCUT2D eigenvalue weighted by atomic mass is 16.6. The second-order valence-electron chi connectivity index (χ2n) is 3.97. The Bertz CT molecular complexity index is 478. The normalized spacial score (nSPS) is 10.2. The number of carbonyl (C=O) groups is 1. The second-order valence-corrected chi connectivity index (χ2v) is 3.97. The summed E-state index contributed by atoms with van der Waals surface area (Å²) >= 11 is 0. The Kier molecular flexibility index (Phi) is 6.41. The molecule has 0 saturated carbocycles. The number of ether oxygens (including phenoxy) is 1. The number of primary amides is 1. The van der Waals surface area contributed by atoms with E-state index in [-0.39, 0.29) is 24.5 Å². The second kappa shape index (κ2) is 8.08. The molecule has 20 heavy (non-hydrogen) atoms. The van der Waals surface area contributed by atoms with E-state index in [1.165, 1.54) is 12.1 Å². The number of hydrogen-bond acceptors (Lipinski definition) is 6. The first-order chi connectivity index (χ1) is 9.56. The summed E-state index contributed by atoms with van der Waals surface area (Å²) in [5, 5.41) is 22.3. The minimum atomic E-state index is -0.711. The van der Waals surface area contributed by atoms with Crippen LogP contribution in [0.2, 0.25) is 0 Å². The number of nitrogens with two attached hydrogens (primary N) is 1. The number of anilines is 1. The van der Waals surface area contributed by atoms with Crippen LogP contribution in [-0.4, -0.2) is 42.3 Å². The first-order valence-corrected chi connectivity index (χ1v) is 6.07. The van der Waals surface area contributed by atoms with Crippen LogP contribution in [0.15, 0.2) is 18.2 Å². The van der Waals surface area contributed by atoms with Gasteiger partial charge in [-0.1, -0.05) is 0 Å². The van der Waals surface area contributed by atoms with Crippen molar-refractivity contribution < 1.29 is 19.6 Å². The first-order valence-electron chi connectivity index (χ1n) is 6.07. The van der Waals surface area contributed by atoms with Crippen molar-refractivity contribution in [3.63, 3.8) is 0 Å². The Morgan fingerprint density at radius 1 is 1.45 bits per heavy atom. The molecule has 1 aromatic carbocycles. The Morgan fingerprint density at radius 3 is 2.80 bits per heavy atom. The Hall–Kier alpha value is -2.19. The van der Waals surface area contributed by atoms with Crippen LogP contribution in [0.5, 0.6) is 0 Å². The van der Waals surface area contributed by atoms with Gasteiger partial charge in [0.2, 0.25) is 5.91 Å². The number of nitro groups is 1. The van der Waals surface area contributed by atoms with Gasteiger partial charge >= 0.3 is 0 Å². The summed E-state index contributed by atoms with van der Waals surface area (Å²) in [6, 6.07) is 4.03. The fourth-order valence-corrected chi connectivity index (χ4v) is 1.55. The topological polar surface area (TPSA) is 128 Å².